The largest absolute Gasteiger partial charge is 0.469 e. The van der Waals surface area contributed by atoms with Crippen LogP contribution in [0, 0.1) is 0 Å². The van der Waals surface area contributed by atoms with Gasteiger partial charge >= 0.3 is 0 Å². The monoisotopic (exact) mass is 323 g/mol. The van der Waals surface area contributed by atoms with E-state index in [-0.39, 0.29) is 0 Å². The summed E-state index contributed by atoms with van der Waals surface area (Å²) in [7, 11) is 0. The Morgan fingerprint density at radius 1 is 1.39 bits per heavy atom. The van der Waals surface area contributed by atoms with Crippen LogP contribution in [0.2, 0.25) is 0 Å². The summed E-state index contributed by atoms with van der Waals surface area (Å²) in [5, 5.41) is 6.77. The van der Waals surface area contributed by atoms with E-state index < -0.39 is 5.79 Å². The average molecular weight is 323 g/mol. The summed E-state index contributed by atoms with van der Waals surface area (Å²) in [5.41, 5.74) is 0. The van der Waals surface area contributed by atoms with E-state index in [4.69, 9.17) is 13.9 Å². The molecule has 1 aliphatic heterocycles. The van der Waals surface area contributed by atoms with Gasteiger partial charge in [-0.25, -0.2) is 0 Å². The summed E-state index contributed by atoms with van der Waals surface area (Å²) in [6, 6.07) is 4.26. The fourth-order valence-electron chi connectivity index (χ4n) is 2.32. The number of aliphatic imine (C=N–C) groups is 1. The second-order valence-corrected chi connectivity index (χ2v) is 6.02. The number of nitrogens with one attached hydrogen (secondary N) is 2. The van der Waals surface area contributed by atoms with Crippen molar-refractivity contribution < 1.29 is 13.9 Å². The molecule has 1 fully saturated rings. The lowest BCUT2D eigenvalue weighted by Crippen LogP contribution is -2.43. The molecule has 0 spiro atoms. The highest BCUT2D eigenvalue weighted by Crippen LogP contribution is 2.22. The summed E-state index contributed by atoms with van der Waals surface area (Å²) < 4.78 is 16.6. The van der Waals surface area contributed by atoms with Crippen molar-refractivity contribution in [2.45, 2.75) is 51.9 Å². The number of hydrogen-bond donors (Lipinski definition) is 2. The topological polar surface area (TPSA) is 68.0 Å². The van der Waals surface area contributed by atoms with Crippen LogP contribution in [0.15, 0.2) is 27.8 Å². The molecule has 1 aliphatic rings. The zero-order valence-corrected chi connectivity index (χ0v) is 14.4. The van der Waals surface area contributed by atoms with Crippen molar-refractivity contribution in [2.24, 2.45) is 4.99 Å². The van der Waals surface area contributed by atoms with Crippen LogP contribution in [-0.2, 0) is 15.9 Å². The first-order valence-corrected chi connectivity index (χ1v) is 8.46. The van der Waals surface area contributed by atoms with Crippen molar-refractivity contribution in [1.29, 1.82) is 0 Å². The molecule has 23 heavy (non-hydrogen) atoms. The van der Waals surface area contributed by atoms with Crippen LogP contribution in [0.3, 0.4) is 0 Å². The quantitative estimate of drug-likeness (QED) is 0.567. The van der Waals surface area contributed by atoms with Gasteiger partial charge in [0.2, 0.25) is 0 Å². The molecule has 1 aromatic heterocycles. The van der Waals surface area contributed by atoms with Gasteiger partial charge in [-0.15, -0.1) is 0 Å². The number of ether oxygens (including phenoxy) is 2. The summed E-state index contributed by atoms with van der Waals surface area (Å²) in [4.78, 5) is 4.64. The summed E-state index contributed by atoms with van der Waals surface area (Å²) >= 11 is 0. The molecule has 130 valence electrons. The van der Waals surface area contributed by atoms with Gasteiger partial charge in [0, 0.05) is 32.0 Å². The molecule has 2 rings (SSSR count). The van der Waals surface area contributed by atoms with Crippen molar-refractivity contribution in [3.05, 3.63) is 24.2 Å². The lowest BCUT2D eigenvalue weighted by Gasteiger charge is -2.22. The molecule has 2 N–H and O–H groups in total. The van der Waals surface area contributed by atoms with Gasteiger partial charge in [-0.1, -0.05) is 6.92 Å². The Morgan fingerprint density at radius 2 is 2.17 bits per heavy atom. The second kappa shape index (κ2) is 8.93. The van der Waals surface area contributed by atoms with E-state index in [1.165, 1.54) is 0 Å². The van der Waals surface area contributed by atoms with Crippen molar-refractivity contribution in [1.82, 2.24) is 10.6 Å². The van der Waals surface area contributed by atoms with Crippen LogP contribution in [0.5, 0.6) is 0 Å². The first-order chi connectivity index (χ1) is 11.1. The van der Waals surface area contributed by atoms with Crippen LogP contribution in [0.1, 0.15) is 39.4 Å². The van der Waals surface area contributed by atoms with E-state index in [9.17, 15) is 0 Å². The molecule has 1 saturated heterocycles. The minimum atomic E-state index is -0.487. The van der Waals surface area contributed by atoms with Gasteiger partial charge in [0.05, 0.1) is 19.5 Å². The summed E-state index contributed by atoms with van der Waals surface area (Å²) in [5.74, 6) is 1.31. The van der Waals surface area contributed by atoms with Gasteiger partial charge in [0.15, 0.2) is 11.7 Å². The molecule has 2 heterocycles. The molecule has 0 aromatic carbocycles. The third-order valence-corrected chi connectivity index (χ3v) is 3.97. The zero-order valence-electron chi connectivity index (χ0n) is 14.4. The van der Waals surface area contributed by atoms with Gasteiger partial charge in [-0.2, -0.15) is 0 Å². The third kappa shape index (κ3) is 6.23. The first kappa shape index (κ1) is 17.8. The van der Waals surface area contributed by atoms with Crippen molar-refractivity contribution in [2.75, 3.05) is 26.3 Å². The molecule has 0 saturated carbocycles. The van der Waals surface area contributed by atoms with Crippen LogP contribution < -0.4 is 10.6 Å². The molecular formula is C17H29N3O3. The zero-order chi connectivity index (χ0) is 16.5. The average Bonchev–Trinajstić information content (AvgIpc) is 3.19. The molecule has 0 radical (unpaired) electrons. The molecule has 1 aromatic rings. The van der Waals surface area contributed by atoms with E-state index in [1.807, 2.05) is 19.1 Å². The lowest BCUT2D eigenvalue weighted by atomic mass is 10.2. The van der Waals surface area contributed by atoms with E-state index in [1.54, 1.807) is 6.26 Å². The molecule has 1 atom stereocenters. The fraction of sp³-hybridized carbons (Fsp3) is 0.706. The molecule has 0 bridgehead atoms. The van der Waals surface area contributed by atoms with E-state index in [0.717, 1.165) is 37.5 Å². The predicted octanol–water partition coefficient (Wildman–Crippen LogP) is 2.31. The Labute approximate surface area is 138 Å². The van der Waals surface area contributed by atoms with Crippen molar-refractivity contribution in [3.8, 4) is 0 Å². The molecule has 1 unspecified atom stereocenters. The number of guanidine groups is 1. The lowest BCUT2D eigenvalue weighted by molar-refractivity contribution is -0.144. The summed E-state index contributed by atoms with van der Waals surface area (Å²) in [6.07, 6.45) is 4.32. The Kier molecular flexibility index (Phi) is 6.92. The number of furan rings is 1. The van der Waals surface area contributed by atoms with Gasteiger partial charge < -0.3 is 24.5 Å². The standard InChI is InChI=1S/C17H29N3O3/c1-4-14(2)20-16(18-9-7-15-6-5-11-21-15)19-10-8-17(3)22-12-13-23-17/h5-6,11,14H,4,7-10,12-13H2,1-3H3,(H2,18,19,20). The molecular weight excluding hydrogens is 294 g/mol. The molecule has 0 amide bonds. The third-order valence-electron chi connectivity index (χ3n) is 3.97. The molecule has 0 aliphatic carbocycles. The SMILES string of the molecule is CCC(C)NC(=NCCC1(C)OCCO1)NCCc1ccco1. The van der Waals surface area contributed by atoms with E-state index in [0.29, 0.717) is 25.8 Å². The van der Waals surface area contributed by atoms with Gasteiger partial charge in [-0.3, -0.25) is 4.99 Å². The number of rotatable bonds is 8. The van der Waals surface area contributed by atoms with Crippen LogP contribution >= 0.6 is 0 Å². The maximum absolute atomic E-state index is 5.61. The summed E-state index contributed by atoms with van der Waals surface area (Å²) in [6.45, 7) is 9.04. The Balaban J connectivity index is 1.80. The van der Waals surface area contributed by atoms with Crippen LogP contribution in [-0.4, -0.2) is 44.1 Å². The van der Waals surface area contributed by atoms with E-state index >= 15 is 0 Å². The van der Waals surface area contributed by atoms with Gasteiger partial charge in [0.1, 0.15) is 5.76 Å². The Morgan fingerprint density at radius 3 is 2.83 bits per heavy atom. The smallest absolute Gasteiger partial charge is 0.191 e. The maximum Gasteiger partial charge on any atom is 0.191 e. The Hall–Kier alpha value is -1.53. The highest BCUT2D eigenvalue weighted by atomic mass is 16.7. The van der Waals surface area contributed by atoms with Gasteiger partial charge in [-0.05, 0) is 32.4 Å². The van der Waals surface area contributed by atoms with Gasteiger partial charge in [0.25, 0.3) is 0 Å². The number of hydrogen-bond acceptors (Lipinski definition) is 4. The first-order valence-electron chi connectivity index (χ1n) is 8.46. The Bertz CT molecular complexity index is 467. The maximum atomic E-state index is 5.61. The minimum absolute atomic E-state index is 0.374. The van der Waals surface area contributed by atoms with E-state index in [2.05, 4.69) is 29.5 Å². The second-order valence-electron chi connectivity index (χ2n) is 6.02. The normalized spacial score (nSPS) is 18.8. The minimum Gasteiger partial charge on any atom is -0.469 e. The fourth-order valence-corrected chi connectivity index (χ4v) is 2.32. The molecule has 6 heteroatoms. The molecule has 6 nitrogen and oxygen atoms in total. The van der Waals surface area contributed by atoms with Crippen LogP contribution in [0.4, 0.5) is 0 Å². The van der Waals surface area contributed by atoms with Crippen LogP contribution in [0.25, 0.3) is 0 Å². The highest BCUT2D eigenvalue weighted by molar-refractivity contribution is 5.80. The highest BCUT2D eigenvalue weighted by Gasteiger charge is 2.30. The van der Waals surface area contributed by atoms with Crippen molar-refractivity contribution in [3.63, 3.8) is 0 Å². The predicted molar refractivity (Wildman–Crippen MR) is 90.5 cm³/mol. The van der Waals surface area contributed by atoms with Crippen molar-refractivity contribution >= 4 is 5.96 Å². The number of nitrogens with zero attached hydrogens (tertiary/aromatic N) is 1.